The van der Waals surface area contributed by atoms with Crippen molar-refractivity contribution in [3.63, 3.8) is 0 Å². The maximum Gasteiger partial charge on any atom is 0.326 e. The van der Waals surface area contributed by atoms with E-state index in [1.165, 1.54) is 4.90 Å². The molecule has 0 spiro atoms. The van der Waals surface area contributed by atoms with E-state index in [4.69, 9.17) is 5.11 Å². The summed E-state index contributed by atoms with van der Waals surface area (Å²) in [5, 5.41) is 11.6. The van der Waals surface area contributed by atoms with Crippen LogP contribution in [-0.4, -0.2) is 23.7 Å². The summed E-state index contributed by atoms with van der Waals surface area (Å²) in [7, 11) is 0. The van der Waals surface area contributed by atoms with Gasteiger partial charge in [-0.3, -0.25) is 9.69 Å². The zero-order chi connectivity index (χ0) is 15.1. The van der Waals surface area contributed by atoms with Gasteiger partial charge in [-0.2, -0.15) is 0 Å². The van der Waals surface area contributed by atoms with Gasteiger partial charge in [0.1, 0.15) is 0 Å². The number of para-hydroxylation sites is 2. The summed E-state index contributed by atoms with van der Waals surface area (Å²) in [6.45, 7) is 0.109. The van der Waals surface area contributed by atoms with Crippen molar-refractivity contribution >= 4 is 23.4 Å². The second-order valence-corrected chi connectivity index (χ2v) is 4.43. The zero-order valence-corrected chi connectivity index (χ0v) is 11.4. The van der Waals surface area contributed by atoms with Crippen LogP contribution in [0.1, 0.15) is 6.42 Å². The summed E-state index contributed by atoms with van der Waals surface area (Å²) < 4.78 is 0. The number of rotatable bonds is 5. The van der Waals surface area contributed by atoms with Gasteiger partial charge < -0.3 is 10.4 Å². The number of carboxylic acid groups (broad SMARTS) is 1. The fourth-order valence-electron chi connectivity index (χ4n) is 1.88. The van der Waals surface area contributed by atoms with Crippen LogP contribution in [-0.2, 0) is 4.79 Å². The van der Waals surface area contributed by atoms with Gasteiger partial charge in [0.2, 0.25) is 0 Å². The number of aliphatic carboxylic acids is 1. The van der Waals surface area contributed by atoms with Gasteiger partial charge >= 0.3 is 12.0 Å². The van der Waals surface area contributed by atoms with E-state index >= 15 is 0 Å². The molecule has 108 valence electrons. The molecule has 0 saturated heterocycles. The third kappa shape index (κ3) is 4.35. The number of carboxylic acids is 1. The van der Waals surface area contributed by atoms with Gasteiger partial charge in [-0.05, 0) is 24.3 Å². The van der Waals surface area contributed by atoms with Gasteiger partial charge in [0.05, 0.1) is 6.42 Å². The molecule has 0 bridgehead atoms. The van der Waals surface area contributed by atoms with E-state index in [0.29, 0.717) is 11.4 Å². The highest BCUT2D eigenvalue weighted by Crippen LogP contribution is 2.16. The maximum atomic E-state index is 12.3. The Hall–Kier alpha value is -2.82. The van der Waals surface area contributed by atoms with Crippen molar-refractivity contribution in [3.8, 4) is 0 Å². The van der Waals surface area contributed by atoms with Crippen molar-refractivity contribution in [2.45, 2.75) is 6.42 Å². The lowest BCUT2D eigenvalue weighted by molar-refractivity contribution is -0.136. The molecule has 0 radical (unpaired) electrons. The summed E-state index contributed by atoms with van der Waals surface area (Å²) in [5.74, 6) is -0.941. The molecule has 0 unspecified atom stereocenters. The van der Waals surface area contributed by atoms with E-state index in [0.717, 1.165) is 0 Å². The van der Waals surface area contributed by atoms with E-state index in [9.17, 15) is 9.59 Å². The van der Waals surface area contributed by atoms with Gasteiger partial charge in [0.25, 0.3) is 0 Å². The predicted octanol–water partition coefficient (Wildman–Crippen LogP) is 3.20. The Morgan fingerprint density at radius 3 is 2.10 bits per heavy atom. The molecule has 2 aromatic carbocycles. The van der Waals surface area contributed by atoms with Crippen LogP contribution in [0.4, 0.5) is 16.2 Å². The summed E-state index contributed by atoms with van der Waals surface area (Å²) in [5.41, 5.74) is 1.32. The lowest BCUT2D eigenvalue weighted by Gasteiger charge is -2.22. The third-order valence-corrected chi connectivity index (χ3v) is 2.89. The molecule has 21 heavy (non-hydrogen) atoms. The average Bonchev–Trinajstić information content (AvgIpc) is 2.49. The van der Waals surface area contributed by atoms with Crippen LogP contribution >= 0.6 is 0 Å². The topological polar surface area (TPSA) is 69.6 Å². The molecule has 0 aliphatic heterocycles. The fraction of sp³-hybridized carbons (Fsp3) is 0.125. The monoisotopic (exact) mass is 284 g/mol. The number of hydrogen-bond donors (Lipinski definition) is 2. The molecule has 0 atom stereocenters. The van der Waals surface area contributed by atoms with Gasteiger partial charge in [-0.25, -0.2) is 4.79 Å². The first-order valence-corrected chi connectivity index (χ1v) is 6.57. The van der Waals surface area contributed by atoms with Gasteiger partial charge in [0.15, 0.2) is 0 Å². The summed E-state index contributed by atoms with van der Waals surface area (Å²) in [6, 6.07) is 17.7. The first-order chi connectivity index (χ1) is 10.2. The maximum absolute atomic E-state index is 12.3. The number of benzene rings is 2. The van der Waals surface area contributed by atoms with Crippen molar-refractivity contribution in [1.82, 2.24) is 0 Å². The number of hydrogen-bond acceptors (Lipinski definition) is 2. The van der Waals surface area contributed by atoms with Crippen LogP contribution in [0.5, 0.6) is 0 Å². The van der Waals surface area contributed by atoms with Gasteiger partial charge in [-0.1, -0.05) is 36.4 Å². The molecule has 2 aromatic rings. The quantitative estimate of drug-likeness (QED) is 0.885. The van der Waals surface area contributed by atoms with Crippen LogP contribution in [0.3, 0.4) is 0 Å². The minimum atomic E-state index is -0.941. The first-order valence-electron chi connectivity index (χ1n) is 6.57. The summed E-state index contributed by atoms with van der Waals surface area (Å²) in [6.07, 6.45) is -0.114. The molecule has 0 fully saturated rings. The number of anilines is 2. The van der Waals surface area contributed by atoms with Crippen LogP contribution in [0, 0.1) is 0 Å². The minimum Gasteiger partial charge on any atom is -0.481 e. The largest absolute Gasteiger partial charge is 0.481 e. The Balaban J connectivity index is 2.14. The molecule has 0 aliphatic carbocycles. The standard InChI is InChI=1S/C16H16N2O3/c19-15(20)11-12-18(14-9-5-2-6-10-14)16(21)17-13-7-3-1-4-8-13/h1-10H,11-12H2,(H,17,21)(H,19,20). The molecule has 2 N–H and O–H groups in total. The van der Waals surface area contributed by atoms with Crippen molar-refractivity contribution < 1.29 is 14.7 Å². The lowest BCUT2D eigenvalue weighted by Crippen LogP contribution is -2.36. The average molecular weight is 284 g/mol. The predicted molar refractivity (Wildman–Crippen MR) is 81.5 cm³/mol. The molecule has 5 heteroatoms. The van der Waals surface area contributed by atoms with E-state index in [2.05, 4.69) is 5.32 Å². The highest BCUT2D eigenvalue weighted by atomic mass is 16.4. The van der Waals surface area contributed by atoms with Crippen molar-refractivity contribution in [3.05, 3.63) is 60.7 Å². The number of nitrogens with zero attached hydrogens (tertiary/aromatic N) is 1. The Labute approximate surface area is 122 Å². The smallest absolute Gasteiger partial charge is 0.326 e. The van der Waals surface area contributed by atoms with E-state index in [1.54, 1.807) is 36.4 Å². The molecule has 2 amide bonds. The second-order valence-electron chi connectivity index (χ2n) is 4.43. The molecule has 2 rings (SSSR count). The molecule has 0 saturated carbocycles. The third-order valence-electron chi connectivity index (χ3n) is 2.89. The molecule has 0 aliphatic rings. The molecule has 0 aromatic heterocycles. The molecular weight excluding hydrogens is 268 g/mol. The summed E-state index contributed by atoms with van der Waals surface area (Å²) >= 11 is 0. The van der Waals surface area contributed by atoms with Crippen LogP contribution < -0.4 is 10.2 Å². The zero-order valence-electron chi connectivity index (χ0n) is 11.4. The Morgan fingerprint density at radius 2 is 1.52 bits per heavy atom. The molecule has 5 nitrogen and oxygen atoms in total. The summed E-state index contributed by atoms with van der Waals surface area (Å²) in [4.78, 5) is 24.5. The second kappa shape index (κ2) is 7.09. The Kier molecular flexibility index (Phi) is 4.93. The molecule has 0 heterocycles. The normalized spacial score (nSPS) is 9.90. The first kappa shape index (κ1) is 14.6. The Morgan fingerprint density at radius 1 is 0.952 bits per heavy atom. The minimum absolute atomic E-state index is 0.109. The number of urea groups is 1. The SMILES string of the molecule is O=C(O)CCN(C(=O)Nc1ccccc1)c1ccccc1. The van der Waals surface area contributed by atoms with E-state index in [-0.39, 0.29) is 19.0 Å². The van der Waals surface area contributed by atoms with E-state index < -0.39 is 5.97 Å². The Bertz CT molecular complexity index is 599. The fourth-order valence-corrected chi connectivity index (χ4v) is 1.88. The van der Waals surface area contributed by atoms with Crippen LogP contribution in [0.2, 0.25) is 0 Å². The lowest BCUT2D eigenvalue weighted by atomic mass is 10.2. The van der Waals surface area contributed by atoms with Gasteiger partial charge in [-0.15, -0.1) is 0 Å². The van der Waals surface area contributed by atoms with Crippen LogP contribution in [0.15, 0.2) is 60.7 Å². The van der Waals surface area contributed by atoms with Crippen molar-refractivity contribution in [2.24, 2.45) is 0 Å². The highest BCUT2D eigenvalue weighted by molar-refractivity contribution is 6.01. The number of amides is 2. The van der Waals surface area contributed by atoms with Crippen molar-refractivity contribution in [1.29, 1.82) is 0 Å². The van der Waals surface area contributed by atoms with Crippen molar-refractivity contribution in [2.75, 3.05) is 16.8 Å². The van der Waals surface area contributed by atoms with Gasteiger partial charge in [0, 0.05) is 17.9 Å². The highest BCUT2D eigenvalue weighted by Gasteiger charge is 2.16. The number of nitrogens with one attached hydrogen (secondary N) is 1. The number of carbonyl (C=O) groups excluding carboxylic acids is 1. The van der Waals surface area contributed by atoms with Crippen LogP contribution in [0.25, 0.3) is 0 Å². The molecular formula is C16H16N2O3. The van der Waals surface area contributed by atoms with E-state index in [1.807, 2.05) is 24.3 Å². The number of carbonyl (C=O) groups is 2.